The molecule has 3 aromatic rings. The van der Waals surface area contributed by atoms with Gasteiger partial charge in [0.15, 0.2) is 5.82 Å². The molecule has 0 atom stereocenters. The maximum absolute atomic E-state index is 14.3. The molecule has 0 spiro atoms. The molecule has 0 saturated carbocycles. The molecule has 1 aromatic heterocycles. The topological polar surface area (TPSA) is 92.1 Å². The summed E-state index contributed by atoms with van der Waals surface area (Å²) >= 11 is 6.01. The van der Waals surface area contributed by atoms with Crippen LogP contribution in [0.4, 0.5) is 10.1 Å². The van der Waals surface area contributed by atoms with E-state index in [0.29, 0.717) is 11.4 Å². The van der Waals surface area contributed by atoms with E-state index in [2.05, 4.69) is 5.10 Å². The summed E-state index contributed by atoms with van der Waals surface area (Å²) in [6, 6.07) is 8.73. The minimum atomic E-state index is -0.799. The third-order valence-electron chi connectivity index (χ3n) is 3.42. The lowest BCUT2D eigenvalue weighted by Gasteiger charge is -2.12. The molecular formula is C16H12ClFN4O3. The van der Waals surface area contributed by atoms with Crippen LogP contribution < -0.4 is 21.7 Å². The second-order valence-electron chi connectivity index (χ2n) is 5.14. The van der Waals surface area contributed by atoms with E-state index in [-0.39, 0.29) is 16.5 Å². The number of ether oxygens (including phenoxy) is 1. The molecular weight excluding hydrogens is 351 g/mol. The van der Waals surface area contributed by atoms with Crippen LogP contribution in [0.15, 0.2) is 52.2 Å². The third kappa shape index (κ3) is 3.24. The van der Waals surface area contributed by atoms with Crippen LogP contribution in [0.3, 0.4) is 0 Å². The zero-order chi connectivity index (χ0) is 18.1. The Morgan fingerprint density at radius 2 is 1.88 bits per heavy atom. The van der Waals surface area contributed by atoms with Gasteiger partial charge in [-0.05, 0) is 30.3 Å². The summed E-state index contributed by atoms with van der Waals surface area (Å²) in [4.78, 5) is 23.6. The Morgan fingerprint density at radius 3 is 2.56 bits per heavy atom. The van der Waals surface area contributed by atoms with Gasteiger partial charge in [0, 0.05) is 18.8 Å². The minimum absolute atomic E-state index is 0.0101. The lowest BCUT2D eigenvalue weighted by atomic mass is 10.2. The Hall–Kier alpha value is -3.13. The van der Waals surface area contributed by atoms with Crippen LogP contribution in [-0.2, 0) is 7.05 Å². The zero-order valence-corrected chi connectivity index (χ0v) is 13.7. The van der Waals surface area contributed by atoms with Crippen molar-refractivity contribution in [2.24, 2.45) is 7.05 Å². The number of rotatable bonds is 3. The first kappa shape index (κ1) is 16.7. The zero-order valence-electron chi connectivity index (χ0n) is 12.9. The lowest BCUT2D eigenvalue weighted by Crippen LogP contribution is -2.38. The highest BCUT2D eigenvalue weighted by molar-refractivity contribution is 6.32. The second-order valence-corrected chi connectivity index (χ2v) is 5.55. The molecule has 7 nitrogen and oxygen atoms in total. The minimum Gasteiger partial charge on any atom is -0.456 e. The highest BCUT2D eigenvalue weighted by atomic mass is 35.5. The third-order valence-corrected chi connectivity index (χ3v) is 3.72. The van der Waals surface area contributed by atoms with Gasteiger partial charge < -0.3 is 10.5 Å². The summed E-state index contributed by atoms with van der Waals surface area (Å²) in [6.07, 6.45) is 0.913. The number of nitrogens with two attached hydrogens (primary N) is 1. The molecule has 0 amide bonds. The van der Waals surface area contributed by atoms with Crippen LogP contribution in [0, 0.1) is 5.82 Å². The number of nitrogen functional groups attached to an aromatic ring is 1. The Kier molecular flexibility index (Phi) is 4.28. The first-order chi connectivity index (χ1) is 11.9. The summed E-state index contributed by atoms with van der Waals surface area (Å²) < 4.78 is 21.4. The molecule has 2 N–H and O–H groups in total. The van der Waals surface area contributed by atoms with E-state index in [1.165, 1.54) is 13.1 Å². The first-order valence-electron chi connectivity index (χ1n) is 7.05. The monoisotopic (exact) mass is 362 g/mol. The molecule has 0 radical (unpaired) electrons. The van der Waals surface area contributed by atoms with Crippen molar-refractivity contribution in [1.29, 1.82) is 0 Å². The summed E-state index contributed by atoms with van der Waals surface area (Å²) in [5, 5.41) is 3.68. The number of aromatic nitrogens is 3. The fourth-order valence-corrected chi connectivity index (χ4v) is 2.26. The van der Waals surface area contributed by atoms with Crippen LogP contribution in [0.5, 0.6) is 11.5 Å². The predicted octanol–water partition coefficient (Wildman–Crippen LogP) is 2.10. The molecule has 0 bridgehead atoms. The number of benzene rings is 2. The number of hydrogen-bond donors (Lipinski definition) is 1. The van der Waals surface area contributed by atoms with Crippen molar-refractivity contribution in [1.82, 2.24) is 14.3 Å². The van der Waals surface area contributed by atoms with Gasteiger partial charge in [0.1, 0.15) is 23.4 Å². The molecule has 25 heavy (non-hydrogen) atoms. The largest absolute Gasteiger partial charge is 0.456 e. The standard InChI is InChI=1S/C16H12ClFN4O3/c1-21-15(23)8-20-22(16(21)24)13-7-14(11(17)6-12(13)18)25-10-4-2-9(19)3-5-10/h2-8H,19H2,1H3. The Balaban J connectivity index is 2.10. The number of hydrogen-bond acceptors (Lipinski definition) is 5. The van der Waals surface area contributed by atoms with E-state index in [1.54, 1.807) is 24.3 Å². The lowest BCUT2D eigenvalue weighted by molar-refractivity contribution is 0.479. The SMILES string of the molecule is Cn1c(=O)cnn(-c2cc(Oc3ccc(N)cc3)c(Cl)cc2F)c1=O. The fraction of sp³-hybridized carbons (Fsp3) is 0.0625. The highest BCUT2D eigenvalue weighted by Gasteiger charge is 2.15. The van der Waals surface area contributed by atoms with Gasteiger partial charge in [0.05, 0.1) is 5.02 Å². The van der Waals surface area contributed by atoms with Gasteiger partial charge >= 0.3 is 5.69 Å². The van der Waals surface area contributed by atoms with E-state index < -0.39 is 17.1 Å². The molecule has 0 aliphatic rings. The number of anilines is 1. The highest BCUT2D eigenvalue weighted by Crippen LogP contribution is 2.32. The first-order valence-corrected chi connectivity index (χ1v) is 7.43. The van der Waals surface area contributed by atoms with Crippen LogP contribution in [-0.4, -0.2) is 14.3 Å². The molecule has 1 heterocycles. The molecule has 0 aliphatic heterocycles. The molecule has 3 rings (SSSR count). The van der Waals surface area contributed by atoms with E-state index in [4.69, 9.17) is 22.1 Å². The predicted molar refractivity (Wildman–Crippen MR) is 91.0 cm³/mol. The summed E-state index contributed by atoms with van der Waals surface area (Å²) in [7, 11) is 1.27. The van der Waals surface area contributed by atoms with Crippen molar-refractivity contribution in [3.8, 4) is 17.2 Å². The van der Waals surface area contributed by atoms with Crippen LogP contribution >= 0.6 is 11.6 Å². The Bertz CT molecular complexity index is 1060. The van der Waals surface area contributed by atoms with Gasteiger partial charge in [0.2, 0.25) is 0 Å². The van der Waals surface area contributed by atoms with E-state index in [1.807, 2.05) is 0 Å². The van der Waals surface area contributed by atoms with E-state index >= 15 is 0 Å². The Morgan fingerprint density at radius 1 is 1.20 bits per heavy atom. The maximum atomic E-state index is 14.3. The molecule has 9 heteroatoms. The van der Waals surface area contributed by atoms with Crippen LogP contribution in [0.2, 0.25) is 5.02 Å². The van der Waals surface area contributed by atoms with Crippen LogP contribution in [0.1, 0.15) is 0 Å². The van der Waals surface area contributed by atoms with Crippen molar-refractivity contribution < 1.29 is 9.13 Å². The maximum Gasteiger partial charge on any atom is 0.352 e. The van der Waals surface area contributed by atoms with E-state index in [9.17, 15) is 14.0 Å². The Labute approximate surface area is 145 Å². The molecule has 128 valence electrons. The normalized spacial score (nSPS) is 10.7. The molecule has 2 aromatic carbocycles. The van der Waals surface area contributed by atoms with Crippen molar-refractivity contribution in [2.45, 2.75) is 0 Å². The molecule has 0 fully saturated rings. The van der Waals surface area contributed by atoms with Gasteiger partial charge in [0.25, 0.3) is 5.56 Å². The number of halogens is 2. The van der Waals surface area contributed by atoms with E-state index in [0.717, 1.165) is 21.5 Å². The summed E-state index contributed by atoms with van der Waals surface area (Å²) in [6.45, 7) is 0. The average Bonchev–Trinajstić information content (AvgIpc) is 2.58. The summed E-state index contributed by atoms with van der Waals surface area (Å²) in [5.41, 5.74) is 4.56. The van der Waals surface area contributed by atoms with Crippen LogP contribution in [0.25, 0.3) is 5.69 Å². The van der Waals surface area contributed by atoms with Gasteiger partial charge in [-0.3, -0.25) is 9.36 Å². The quantitative estimate of drug-likeness (QED) is 0.720. The fourth-order valence-electron chi connectivity index (χ4n) is 2.07. The smallest absolute Gasteiger partial charge is 0.352 e. The number of nitrogens with zero attached hydrogens (tertiary/aromatic N) is 3. The van der Waals surface area contributed by atoms with Gasteiger partial charge in [-0.1, -0.05) is 11.6 Å². The van der Waals surface area contributed by atoms with Crippen molar-refractivity contribution in [2.75, 3.05) is 5.73 Å². The van der Waals surface area contributed by atoms with Gasteiger partial charge in [-0.25, -0.2) is 9.18 Å². The molecule has 0 aliphatic carbocycles. The van der Waals surface area contributed by atoms with Gasteiger partial charge in [-0.2, -0.15) is 9.78 Å². The summed E-state index contributed by atoms with van der Waals surface area (Å²) in [5.74, 6) is -0.247. The average molecular weight is 363 g/mol. The molecule has 0 unspecified atom stereocenters. The second kappa shape index (κ2) is 6.40. The van der Waals surface area contributed by atoms with Gasteiger partial charge in [-0.15, -0.1) is 0 Å². The van der Waals surface area contributed by atoms with Crippen molar-refractivity contribution in [3.63, 3.8) is 0 Å². The van der Waals surface area contributed by atoms with Crippen molar-refractivity contribution >= 4 is 17.3 Å². The molecule has 0 saturated heterocycles. The van der Waals surface area contributed by atoms with Crippen molar-refractivity contribution in [3.05, 3.63) is 74.3 Å².